The van der Waals surface area contributed by atoms with Gasteiger partial charge in [0.25, 0.3) is 5.89 Å². The lowest BCUT2D eigenvalue weighted by molar-refractivity contribution is -0.122. The van der Waals surface area contributed by atoms with Gasteiger partial charge in [0.15, 0.2) is 0 Å². The van der Waals surface area contributed by atoms with E-state index in [0.717, 1.165) is 10.5 Å². The molecule has 3 N–H and O–H groups in total. The lowest BCUT2D eigenvalue weighted by atomic mass is 9.90. The first-order valence-electron chi connectivity index (χ1n) is 12.1. The molecule has 202 valence electrons. The van der Waals surface area contributed by atoms with E-state index < -0.39 is 17.6 Å². The summed E-state index contributed by atoms with van der Waals surface area (Å²) in [6.45, 7) is 9.62. The molecule has 0 aliphatic carbocycles. The molecule has 0 unspecified atom stereocenters. The van der Waals surface area contributed by atoms with Crippen molar-refractivity contribution in [2.24, 2.45) is 5.92 Å². The number of rotatable bonds is 6. The Morgan fingerprint density at radius 1 is 1.18 bits per heavy atom. The average Bonchev–Trinajstić information content (AvgIpc) is 3.27. The number of nitrogens with zero attached hydrogens (tertiary/aromatic N) is 3. The summed E-state index contributed by atoms with van der Waals surface area (Å²) >= 11 is 7.52. The van der Waals surface area contributed by atoms with Crippen LogP contribution in [0.4, 0.5) is 10.5 Å². The summed E-state index contributed by atoms with van der Waals surface area (Å²) in [4.78, 5) is 27.7. The highest BCUT2D eigenvalue weighted by molar-refractivity contribution is 7.99. The first-order chi connectivity index (χ1) is 17.7. The van der Waals surface area contributed by atoms with E-state index >= 15 is 0 Å². The van der Waals surface area contributed by atoms with E-state index in [1.165, 1.54) is 11.8 Å². The molecule has 1 atom stereocenters. The summed E-state index contributed by atoms with van der Waals surface area (Å²) < 4.78 is 5.88. The molecule has 0 bridgehead atoms. The molecule has 2 amide bonds. The molecule has 0 radical (unpaired) electrons. The number of phenolic OH excluding ortho intramolecular Hbond substituents is 1. The van der Waals surface area contributed by atoms with Gasteiger partial charge in [0.2, 0.25) is 11.8 Å². The van der Waals surface area contributed by atoms with Gasteiger partial charge in [-0.1, -0.05) is 44.5 Å². The minimum absolute atomic E-state index is 0.0365. The van der Waals surface area contributed by atoms with E-state index in [1.54, 1.807) is 43.0 Å². The second-order valence-corrected chi connectivity index (χ2v) is 12.6. The number of thioether (sulfide) groups is 1. The number of aromatic hydroxyl groups is 1. The number of nitrogens with one attached hydrogen (secondary N) is 1. The summed E-state index contributed by atoms with van der Waals surface area (Å²) in [5, 5.41) is 31.6. The van der Waals surface area contributed by atoms with Crippen LogP contribution in [0.25, 0.3) is 11.5 Å². The highest BCUT2D eigenvalue weighted by atomic mass is 35.5. The first kappa shape index (κ1) is 27.8. The van der Waals surface area contributed by atoms with Crippen LogP contribution in [0.3, 0.4) is 0 Å². The standard InChI is InChI=1S/C27H31ClN4O5S/c1-26(2,3)24-31-30-22(37-24)18-10-19-21(11-20(18)33)38-14-16(12-27(4,5)29-25(35)36)23(34)32(19)13-15-6-8-17(28)9-7-15/h6-11,16,29,33H,12-14H2,1-5H3,(H,35,36)/t16-/m0/s1. The second-order valence-electron chi connectivity index (χ2n) is 11.1. The van der Waals surface area contributed by atoms with Gasteiger partial charge in [-0.15, -0.1) is 22.0 Å². The average molecular weight is 559 g/mol. The fraction of sp³-hybridized carbons (Fsp3) is 0.407. The fourth-order valence-corrected chi connectivity index (χ4v) is 5.61. The van der Waals surface area contributed by atoms with Crippen molar-refractivity contribution in [1.82, 2.24) is 15.5 Å². The number of carbonyl (C=O) groups excluding carboxylic acids is 1. The number of amides is 2. The van der Waals surface area contributed by atoms with Crippen LogP contribution in [-0.4, -0.2) is 43.7 Å². The quantitative estimate of drug-likeness (QED) is 0.332. The third kappa shape index (κ3) is 6.24. The van der Waals surface area contributed by atoms with Gasteiger partial charge in [0.1, 0.15) is 5.75 Å². The van der Waals surface area contributed by atoms with Gasteiger partial charge in [-0.25, -0.2) is 4.79 Å². The zero-order valence-corrected chi connectivity index (χ0v) is 23.5. The number of benzene rings is 2. The fourth-order valence-electron chi connectivity index (χ4n) is 4.33. The predicted octanol–water partition coefficient (Wildman–Crippen LogP) is 6.08. The molecule has 0 saturated heterocycles. The number of fused-ring (bicyclic) bond motifs is 1. The van der Waals surface area contributed by atoms with Gasteiger partial charge in [0.05, 0.1) is 23.7 Å². The number of hydrogen-bond donors (Lipinski definition) is 3. The number of carboxylic acid groups (broad SMARTS) is 1. The van der Waals surface area contributed by atoms with Crippen molar-refractivity contribution < 1.29 is 24.2 Å². The van der Waals surface area contributed by atoms with Crippen molar-refractivity contribution in [3.63, 3.8) is 0 Å². The summed E-state index contributed by atoms with van der Waals surface area (Å²) in [6.07, 6.45) is -0.845. The van der Waals surface area contributed by atoms with Crippen molar-refractivity contribution in [2.45, 2.75) is 63.4 Å². The van der Waals surface area contributed by atoms with E-state index in [-0.39, 0.29) is 29.5 Å². The second kappa shape index (κ2) is 10.5. The van der Waals surface area contributed by atoms with Crippen molar-refractivity contribution in [3.8, 4) is 17.2 Å². The van der Waals surface area contributed by atoms with Crippen molar-refractivity contribution >= 4 is 41.1 Å². The van der Waals surface area contributed by atoms with E-state index in [2.05, 4.69) is 15.5 Å². The zero-order valence-electron chi connectivity index (χ0n) is 21.9. The lowest BCUT2D eigenvalue weighted by Gasteiger charge is -2.31. The van der Waals surface area contributed by atoms with Gasteiger partial charge >= 0.3 is 6.09 Å². The third-order valence-electron chi connectivity index (χ3n) is 6.18. The minimum atomic E-state index is -1.14. The molecule has 9 nitrogen and oxygen atoms in total. The van der Waals surface area contributed by atoms with Crippen LogP contribution in [0.1, 0.15) is 52.5 Å². The van der Waals surface area contributed by atoms with Gasteiger partial charge in [-0.3, -0.25) is 4.79 Å². The highest BCUT2D eigenvalue weighted by Crippen LogP contribution is 2.44. The Morgan fingerprint density at radius 2 is 1.87 bits per heavy atom. The Balaban J connectivity index is 1.77. The molecule has 0 spiro atoms. The number of halogens is 1. The molecule has 0 fully saturated rings. The van der Waals surface area contributed by atoms with Crippen molar-refractivity contribution in [3.05, 3.63) is 52.9 Å². The molecular formula is C27H31ClN4O5S. The molecule has 1 aromatic heterocycles. The SMILES string of the molecule is CC(C)(C[C@H]1CSc2cc(O)c(-c3nnc(C(C)(C)C)o3)cc2N(Cc2ccc(Cl)cc2)C1=O)NC(=O)O. The number of aromatic nitrogens is 2. The zero-order chi connectivity index (χ0) is 27.8. The van der Waals surface area contributed by atoms with Crippen LogP contribution in [0, 0.1) is 5.92 Å². The highest BCUT2D eigenvalue weighted by Gasteiger charge is 2.36. The smallest absolute Gasteiger partial charge is 0.405 e. The topological polar surface area (TPSA) is 129 Å². The molecule has 2 aromatic carbocycles. The first-order valence-corrected chi connectivity index (χ1v) is 13.5. The van der Waals surface area contributed by atoms with Crippen molar-refractivity contribution in [1.29, 1.82) is 0 Å². The number of anilines is 1. The van der Waals surface area contributed by atoms with Crippen LogP contribution < -0.4 is 10.2 Å². The monoisotopic (exact) mass is 558 g/mol. The maximum Gasteiger partial charge on any atom is 0.405 e. The number of hydrogen-bond acceptors (Lipinski definition) is 7. The van der Waals surface area contributed by atoms with Crippen LogP contribution >= 0.6 is 23.4 Å². The molecule has 4 rings (SSSR count). The van der Waals surface area contributed by atoms with Crippen molar-refractivity contribution in [2.75, 3.05) is 10.7 Å². The summed E-state index contributed by atoms with van der Waals surface area (Å²) in [5.74, 6) is 0.337. The molecule has 11 heteroatoms. The Kier molecular flexibility index (Phi) is 7.67. The van der Waals surface area contributed by atoms with E-state index in [1.807, 2.05) is 32.9 Å². The van der Waals surface area contributed by atoms with Crippen LogP contribution in [-0.2, 0) is 16.8 Å². The Bertz CT molecular complexity index is 1350. The molecule has 1 aliphatic rings. The van der Waals surface area contributed by atoms with Gasteiger partial charge in [-0.2, -0.15) is 0 Å². The Labute approximate surface area is 230 Å². The third-order valence-corrected chi connectivity index (χ3v) is 7.64. The summed E-state index contributed by atoms with van der Waals surface area (Å²) in [6, 6.07) is 10.6. The van der Waals surface area contributed by atoms with Gasteiger partial charge in [0, 0.05) is 26.6 Å². The van der Waals surface area contributed by atoms with Gasteiger partial charge in [-0.05, 0) is 50.1 Å². The predicted molar refractivity (Wildman–Crippen MR) is 147 cm³/mol. The molecule has 38 heavy (non-hydrogen) atoms. The summed E-state index contributed by atoms with van der Waals surface area (Å²) in [7, 11) is 0. The van der Waals surface area contributed by atoms with Gasteiger partial charge < -0.3 is 24.8 Å². The Hall–Kier alpha value is -3.24. The molecule has 1 aliphatic heterocycles. The normalized spacial score (nSPS) is 16.2. The maximum atomic E-state index is 14.0. The minimum Gasteiger partial charge on any atom is -0.507 e. The maximum absolute atomic E-state index is 14.0. The largest absolute Gasteiger partial charge is 0.507 e. The number of phenols is 1. The van der Waals surface area contributed by atoms with Crippen LogP contribution in [0.15, 0.2) is 45.7 Å². The molecular weight excluding hydrogens is 528 g/mol. The van der Waals surface area contributed by atoms with E-state index in [0.29, 0.717) is 34.3 Å². The van der Waals surface area contributed by atoms with Crippen LogP contribution in [0.5, 0.6) is 5.75 Å². The Morgan fingerprint density at radius 3 is 2.47 bits per heavy atom. The van der Waals surface area contributed by atoms with E-state index in [9.17, 15) is 19.8 Å². The van der Waals surface area contributed by atoms with Crippen LogP contribution in [0.2, 0.25) is 5.02 Å². The lowest BCUT2D eigenvalue weighted by Crippen LogP contribution is -2.47. The van der Waals surface area contributed by atoms with E-state index in [4.69, 9.17) is 16.0 Å². The molecule has 0 saturated carbocycles. The molecule has 3 aromatic rings. The molecule has 2 heterocycles. The number of carbonyl (C=O) groups is 2. The summed E-state index contributed by atoms with van der Waals surface area (Å²) in [5.41, 5.74) is 0.598.